The predicted octanol–water partition coefficient (Wildman–Crippen LogP) is -5.42. The molecule has 0 spiro atoms. The van der Waals surface area contributed by atoms with Crippen LogP contribution < -0.4 is 0 Å². The van der Waals surface area contributed by atoms with Gasteiger partial charge in [0.2, 0.25) is 6.29 Å². The third-order valence-corrected chi connectivity index (χ3v) is 23.1. The Morgan fingerprint density at radius 2 is 1.02 bits per heavy atom. The van der Waals surface area contributed by atoms with Crippen LogP contribution in [0, 0.1) is 50.2 Å². The fourth-order valence-electron chi connectivity index (χ4n) is 17.7. The molecule has 0 bridgehead atoms. The van der Waals surface area contributed by atoms with Crippen molar-refractivity contribution in [1.29, 1.82) is 0 Å². The van der Waals surface area contributed by atoms with Gasteiger partial charge in [0.05, 0.1) is 56.1 Å². The maximum atomic E-state index is 15.5. The Hall–Kier alpha value is -2.16. The molecule has 10 rings (SSSR count). The summed E-state index contributed by atoms with van der Waals surface area (Å²) in [6, 6.07) is 0. The molecule has 0 aromatic carbocycles. The average Bonchev–Trinajstić information content (AvgIpc) is 0.677. The minimum atomic E-state index is -2.05. The second-order valence-electron chi connectivity index (χ2n) is 28.5. The molecule has 5 aliphatic carbocycles. The molecular weight excluding hydrogens is 1170 g/mol. The van der Waals surface area contributed by atoms with Crippen molar-refractivity contribution < 1.29 is 144 Å². The Kier molecular flexibility index (Phi) is 19.9. The van der Waals surface area contributed by atoms with Crippen LogP contribution >= 0.6 is 0 Å². The molecule has 9 fully saturated rings. The van der Waals surface area contributed by atoms with E-state index in [0.717, 1.165) is 11.9 Å². The standard InChI is InChI=1S/C59H94O29/c1-54(2)11-13-59(53(78)88-52-46(39(73)36(70)29(19-62)82-52)86-50-43(77)40(74)44(30(20-63)83-50)84-48-41(75)33(67)26(66)21-79-48)14-12-57(5)23(24(59)15-54)7-8-32-55(3)16-25(65)47(56(4,22-64)31(55)9-10-58(32,57)6)87-51-45(38(72)35(69)28(18-61)81-51)85-49-42(76)37(71)34(68)27(17-60)80-49/h7,22,24-52,60-63,65-77H,8-21H2,1-6H3. The summed E-state index contributed by atoms with van der Waals surface area (Å²) >= 11 is 0. The van der Waals surface area contributed by atoms with Crippen LogP contribution in [0.1, 0.15) is 99.3 Å². The van der Waals surface area contributed by atoms with Crippen LogP contribution in [0.4, 0.5) is 0 Å². The number of hydrogen-bond acceptors (Lipinski definition) is 29. The summed E-state index contributed by atoms with van der Waals surface area (Å²) in [6.07, 6.45) is -38.2. The van der Waals surface area contributed by atoms with E-state index in [4.69, 9.17) is 47.4 Å². The zero-order valence-corrected chi connectivity index (χ0v) is 50.3. The summed E-state index contributed by atoms with van der Waals surface area (Å²) in [4.78, 5) is 29.4. The quantitative estimate of drug-likeness (QED) is 0.0315. The van der Waals surface area contributed by atoms with Gasteiger partial charge in [0.1, 0.15) is 116 Å². The minimum Gasteiger partial charge on any atom is -0.432 e. The molecule has 0 aromatic heterocycles. The molecular formula is C59H94O29. The molecule has 17 N–H and O–H groups in total. The molecule has 34 atom stereocenters. The summed E-state index contributed by atoms with van der Waals surface area (Å²) in [7, 11) is 0. The van der Waals surface area contributed by atoms with Gasteiger partial charge in [0.25, 0.3) is 0 Å². The number of aliphatic hydroxyl groups excluding tert-OH is 17. The Morgan fingerprint density at radius 3 is 1.61 bits per heavy atom. The second kappa shape index (κ2) is 25.5. The van der Waals surface area contributed by atoms with Gasteiger partial charge in [-0.1, -0.05) is 53.2 Å². The average molecular weight is 1270 g/mol. The van der Waals surface area contributed by atoms with E-state index in [1.807, 2.05) is 0 Å². The fourth-order valence-corrected chi connectivity index (χ4v) is 17.7. The van der Waals surface area contributed by atoms with Crippen molar-refractivity contribution in [1.82, 2.24) is 0 Å². The first-order chi connectivity index (χ1) is 41.3. The summed E-state index contributed by atoms with van der Waals surface area (Å²) in [5, 5.41) is 184. The van der Waals surface area contributed by atoms with Gasteiger partial charge in [-0.3, -0.25) is 4.79 Å². The van der Waals surface area contributed by atoms with Gasteiger partial charge in [-0.25, -0.2) is 0 Å². The van der Waals surface area contributed by atoms with Gasteiger partial charge in [0.15, 0.2) is 31.3 Å². The van der Waals surface area contributed by atoms with Crippen molar-refractivity contribution in [2.45, 2.75) is 259 Å². The number of carbonyl (C=O) groups is 2. The molecule has 88 heavy (non-hydrogen) atoms. The highest BCUT2D eigenvalue weighted by Crippen LogP contribution is 2.76. The van der Waals surface area contributed by atoms with Crippen LogP contribution in [0.15, 0.2) is 11.6 Å². The van der Waals surface area contributed by atoms with E-state index in [2.05, 4.69) is 40.7 Å². The molecule has 29 nitrogen and oxygen atoms in total. The van der Waals surface area contributed by atoms with E-state index in [9.17, 15) is 91.6 Å². The largest absolute Gasteiger partial charge is 0.432 e. The van der Waals surface area contributed by atoms with Crippen molar-refractivity contribution in [3.05, 3.63) is 11.6 Å². The number of fused-ring (bicyclic) bond motifs is 7. The Morgan fingerprint density at radius 1 is 0.523 bits per heavy atom. The number of ether oxygens (including phenoxy) is 10. The summed E-state index contributed by atoms with van der Waals surface area (Å²) in [5.41, 5.74) is -3.83. The molecule has 504 valence electrons. The van der Waals surface area contributed by atoms with Gasteiger partial charge in [-0.2, -0.15) is 0 Å². The van der Waals surface area contributed by atoms with Gasteiger partial charge in [-0.05, 0) is 97.2 Å². The van der Waals surface area contributed by atoms with Crippen molar-refractivity contribution in [2.75, 3.05) is 33.0 Å². The number of esters is 1. The van der Waals surface area contributed by atoms with Crippen LogP contribution in [-0.2, 0) is 57.0 Å². The molecule has 29 heteroatoms. The first-order valence-electron chi connectivity index (χ1n) is 30.9. The molecule has 0 amide bonds. The molecule has 5 aliphatic heterocycles. The zero-order valence-electron chi connectivity index (χ0n) is 50.3. The lowest BCUT2D eigenvalue weighted by atomic mass is 9.33. The SMILES string of the molecule is CC1(C)CCC2(C(=O)OC3OC(CO)C(O)C(O)C3OC3OC(CO)C(OC4OCC(O)C(O)C4O)C(O)C3O)CCC3(C)C(=CCC4C5(C)CC(O)C(OC6OC(CO)C(O)C(O)C6OC6OC(CO)C(O)C(O)C6O)C(C)(C=O)C5CCC43C)C2C1. The fraction of sp³-hybridized carbons (Fsp3) is 0.932. The molecule has 0 radical (unpaired) electrons. The highest BCUT2D eigenvalue weighted by atomic mass is 16.8. The maximum absolute atomic E-state index is 15.5. The molecule has 0 aromatic rings. The van der Waals surface area contributed by atoms with Crippen LogP contribution in [0.3, 0.4) is 0 Å². The monoisotopic (exact) mass is 1270 g/mol. The second-order valence-corrected chi connectivity index (χ2v) is 28.5. The third kappa shape index (κ3) is 11.3. The van der Waals surface area contributed by atoms with Gasteiger partial charge in [-0.15, -0.1) is 0 Å². The Bertz CT molecular complexity index is 2470. The smallest absolute Gasteiger partial charge is 0.315 e. The van der Waals surface area contributed by atoms with Gasteiger partial charge < -0.3 is 139 Å². The minimum absolute atomic E-state index is 0.102. The number of hydrogen-bond donors (Lipinski definition) is 17. The van der Waals surface area contributed by atoms with Crippen molar-refractivity contribution in [3.8, 4) is 0 Å². The zero-order chi connectivity index (χ0) is 64.3. The number of aliphatic hydroxyl groups is 17. The van der Waals surface area contributed by atoms with E-state index >= 15 is 4.79 Å². The first kappa shape index (κ1) is 68.7. The summed E-state index contributed by atoms with van der Waals surface area (Å²) in [6.45, 7) is 8.64. The summed E-state index contributed by atoms with van der Waals surface area (Å²) in [5.74, 6) is -1.80. The normalized spacial score (nSPS) is 54.6. The first-order valence-corrected chi connectivity index (χ1v) is 30.9. The van der Waals surface area contributed by atoms with Crippen LogP contribution in [0.5, 0.6) is 0 Å². The molecule has 4 saturated carbocycles. The molecule has 5 heterocycles. The third-order valence-electron chi connectivity index (χ3n) is 23.1. The Balaban J connectivity index is 0.898. The van der Waals surface area contributed by atoms with E-state index in [0.29, 0.717) is 51.4 Å². The van der Waals surface area contributed by atoms with Crippen LogP contribution in [-0.4, -0.2) is 292 Å². The number of allylic oxidation sites excluding steroid dienone is 2. The summed E-state index contributed by atoms with van der Waals surface area (Å²) < 4.78 is 59.3. The van der Waals surface area contributed by atoms with E-state index < -0.39 is 238 Å². The van der Waals surface area contributed by atoms with E-state index in [-0.39, 0.29) is 17.8 Å². The molecule has 5 saturated heterocycles. The van der Waals surface area contributed by atoms with E-state index in [1.165, 1.54) is 0 Å². The van der Waals surface area contributed by atoms with Crippen LogP contribution in [0.25, 0.3) is 0 Å². The topological polar surface area (TPSA) is 470 Å². The molecule has 34 unspecified atom stereocenters. The highest BCUT2D eigenvalue weighted by molar-refractivity contribution is 5.79. The number of rotatable bonds is 15. The lowest BCUT2D eigenvalue weighted by Gasteiger charge is -2.71. The highest BCUT2D eigenvalue weighted by Gasteiger charge is 2.72. The van der Waals surface area contributed by atoms with Crippen LogP contribution in [0.2, 0.25) is 0 Å². The van der Waals surface area contributed by atoms with Crippen molar-refractivity contribution >= 4 is 12.3 Å². The molecule has 10 aliphatic rings. The predicted molar refractivity (Wildman–Crippen MR) is 291 cm³/mol. The van der Waals surface area contributed by atoms with Crippen molar-refractivity contribution in [2.24, 2.45) is 50.2 Å². The Labute approximate surface area is 508 Å². The van der Waals surface area contributed by atoms with E-state index in [1.54, 1.807) is 6.92 Å². The number of aldehydes is 1. The lowest BCUT2D eigenvalue weighted by molar-refractivity contribution is -0.381. The number of carbonyl (C=O) groups excluding carboxylic acids is 2. The lowest BCUT2D eigenvalue weighted by Crippen LogP contribution is -2.70. The van der Waals surface area contributed by atoms with Crippen molar-refractivity contribution in [3.63, 3.8) is 0 Å². The van der Waals surface area contributed by atoms with Gasteiger partial charge in [0, 0.05) is 0 Å². The van der Waals surface area contributed by atoms with Gasteiger partial charge >= 0.3 is 5.97 Å². The maximum Gasteiger partial charge on any atom is 0.315 e.